The highest BCUT2D eigenvalue weighted by Gasteiger charge is 2.64. The highest BCUT2D eigenvalue weighted by atomic mass is 28.4. The summed E-state index contributed by atoms with van der Waals surface area (Å²) in [5.74, 6) is -3.64. The van der Waals surface area contributed by atoms with Gasteiger partial charge in [-0.1, -0.05) is 34.1 Å². The zero-order valence-electron chi connectivity index (χ0n) is 20.5. The average Bonchev–Trinajstić information content (AvgIpc) is 2.99. The van der Waals surface area contributed by atoms with E-state index in [1.165, 1.54) is 0 Å². The highest BCUT2D eigenvalue weighted by molar-refractivity contribution is 6.74. The largest absolute Gasteiger partial charge is 0.467 e. The first-order chi connectivity index (χ1) is 14.0. The van der Waals surface area contributed by atoms with E-state index in [2.05, 4.69) is 38.6 Å². The lowest BCUT2D eigenvalue weighted by atomic mass is 9.84. The van der Waals surface area contributed by atoms with E-state index in [0.717, 1.165) is 20.6 Å². The Morgan fingerprint density at radius 3 is 2.10 bits per heavy atom. The molecule has 2 N–H and O–H groups in total. The summed E-state index contributed by atoms with van der Waals surface area (Å²) in [5.41, 5.74) is -2.76. The van der Waals surface area contributed by atoms with Gasteiger partial charge in [-0.2, -0.15) is 0 Å². The standard InChI is InChI=1S/C21H40O9Si/c1-11-12-13(30-31(9,10)19(2,3)4)14-16(29-20(5,6)28-14)21(25,18(24)27-8)15(22)17(23)26-7/h13-16,22,25H,11-12H2,1-10H3/t13-,14-,15-,16+,21+/m0/s1. The Balaban J connectivity index is 3.52. The van der Waals surface area contributed by atoms with Crippen molar-refractivity contribution in [3.8, 4) is 0 Å². The van der Waals surface area contributed by atoms with Gasteiger partial charge in [0.1, 0.15) is 12.2 Å². The number of hydrogen-bond donors (Lipinski definition) is 2. The third-order valence-corrected chi connectivity index (χ3v) is 10.6. The van der Waals surface area contributed by atoms with Crippen LogP contribution in [0, 0.1) is 0 Å². The van der Waals surface area contributed by atoms with Gasteiger partial charge < -0.3 is 33.6 Å². The van der Waals surface area contributed by atoms with Gasteiger partial charge in [-0.05, 0) is 38.4 Å². The maximum atomic E-state index is 12.7. The second-order valence-electron chi connectivity index (χ2n) is 9.97. The van der Waals surface area contributed by atoms with E-state index < -0.39 is 56.1 Å². The van der Waals surface area contributed by atoms with Crippen LogP contribution in [0.5, 0.6) is 0 Å². The molecule has 0 aromatic rings. The topological polar surface area (TPSA) is 121 Å². The SMILES string of the molecule is CCC[C@H](O[Si](C)(C)C(C)(C)C)[C@@H]1OC(C)(C)O[C@H]1[C@@](O)(C(=O)OC)[C@@H](O)C(=O)OC. The smallest absolute Gasteiger partial charge is 0.344 e. The molecule has 1 saturated heterocycles. The lowest BCUT2D eigenvalue weighted by Gasteiger charge is -2.43. The molecule has 0 unspecified atom stereocenters. The van der Waals surface area contributed by atoms with Crippen LogP contribution in [0.4, 0.5) is 0 Å². The van der Waals surface area contributed by atoms with E-state index in [9.17, 15) is 19.8 Å². The Morgan fingerprint density at radius 2 is 1.68 bits per heavy atom. The van der Waals surface area contributed by atoms with Crippen LogP contribution < -0.4 is 0 Å². The number of rotatable bonds is 9. The minimum absolute atomic E-state index is 0.104. The summed E-state index contributed by atoms with van der Waals surface area (Å²) in [4.78, 5) is 24.8. The summed E-state index contributed by atoms with van der Waals surface area (Å²) in [6.45, 7) is 15.7. The molecule has 0 aromatic heterocycles. The first-order valence-corrected chi connectivity index (χ1v) is 13.5. The monoisotopic (exact) mass is 464 g/mol. The lowest BCUT2D eigenvalue weighted by molar-refractivity contribution is -0.217. The van der Waals surface area contributed by atoms with Crippen molar-refractivity contribution < 1.29 is 43.2 Å². The fraction of sp³-hybridized carbons (Fsp3) is 0.905. The molecule has 182 valence electrons. The van der Waals surface area contributed by atoms with E-state index in [-0.39, 0.29) is 5.04 Å². The second kappa shape index (κ2) is 9.84. The van der Waals surface area contributed by atoms with Gasteiger partial charge in [-0.15, -0.1) is 0 Å². The van der Waals surface area contributed by atoms with Crippen LogP contribution in [-0.2, 0) is 33.0 Å². The third-order valence-electron chi connectivity index (χ3n) is 6.11. The van der Waals surface area contributed by atoms with Crippen molar-refractivity contribution >= 4 is 20.3 Å². The summed E-state index contributed by atoms with van der Waals surface area (Å²) in [6, 6.07) is 0. The van der Waals surface area contributed by atoms with Crippen molar-refractivity contribution in [2.24, 2.45) is 0 Å². The van der Waals surface area contributed by atoms with Gasteiger partial charge >= 0.3 is 11.9 Å². The predicted octanol–water partition coefficient (Wildman–Crippen LogP) is 2.13. The minimum Gasteiger partial charge on any atom is -0.467 e. The Hall–Kier alpha value is -1.04. The van der Waals surface area contributed by atoms with Crippen LogP contribution in [0.3, 0.4) is 0 Å². The normalized spacial score (nSPS) is 25.4. The third kappa shape index (κ3) is 5.85. The van der Waals surface area contributed by atoms with Crippen molar-refractivity contribution in [3.05, 3.63) is 0 Å². The summed E-state index contributed by atoms with van der Waals surface area (Å²) in [5, 5.41) is 21.8. The number of ether oxygens (including phenoxy) is 4. The van der Waals surface area contributed by atoms with Crippen LogP contribution in [0.25, 0.3) is 0 Å². The second-order valence-corrected chi connectivity index (χ2v) is 14.7. The molecule has 0 aromatic carbocycles. The van der Waals surface area contributed by atoms with E-state index in [1.807, 2.05) is 6.92 Å². The number of aliphatic hydroxyl groups is 2. The van der Waals surface area contributed by atoms with Crippen LogP contribution in [0.15, 0.2) is 0 Å². The zero-order valence-corrected chi connectivity index (χ0v) is 21.5. The van der Waals surface area contributed by atoms with Crippen molar-refractivity contribution in [2.75, 3.05) is 14.2 Å². The van der Waals surface area contributed by atoms with Gasteiger partial charge in [0.25, 0.3) is 0 Å². The number of carbonyl (C=O) groups is 2. The van der Waals surface area contributed by atoms with E-state index in [4.69, 9.17) is 18.6 Å². The number of hydrogen-bond acceptors (Lipinski definition) is 9. The van der Waals surface area contributed by atoms with Gasteiger partial charge in [-0.25, -0.2) is 9.59 Å². The molecule has 31 heavy (non-hydrogen) atoms. The zero-order chi connectivity index (χ0) is 24.4. The maximum Gasteiger partial charge on any atom is 0.344 e. The van der Waals surface area contributed by atoms with Crippen molar-refractivity contribution in [2.45, 2.75) is 108 Å². The molecule has 1 aliphatic heterocycles. The molecule has 0 radical (unpaired) electrons. The number of methoxy groups -OCH3 is 2. The van der Waals surface area contributed by atoms with E-state index in [0.29, 0.717) is 6.42 Å². The summed E-state index contributed by atoms with van der Waals surface area (Å²) in [7, 11) is -0.203. The number of carbonyl (C=O) groups excluding carboxylic acids is 2. The maximum absolute atomic E-state index is 12.7. The van der Waals surface area contributed by atoms with Gasteiger partial charge in [0.05, 0.1) is 20.3 Å². The molecule has 1 rings (SSSR count). The predicted molar refractivity (Wildman–Crippen MR) is 116 cm³/mol. The average molecular weight is 465 g/mol. The van der Waals surface area contributed by atoms with Crippen LogP contribution in [0.2, 0.25) is 18.1 Å². The molecular weight excluding hydrogens is 424 g/mol. The summed E-state index contributed by atoms with van der Waals surface area (Å²) >= 11 is 0. The molecule has 0 bridgehead atoms. The van der Waals surface area contributed by atoms with Crippen molar-refractivity contribution in [1.29, 1.82) is 0 Å². The molecule has 0 aliphatic carbocycles. The first-order valence-electron chi connectivity index (χ1n) is 10.6. The molecule has 0 amide bonds. The van der Waals surface area contributed by atoms with Crippen LogP contribution >= 0.6 is 0 Å². The van der Waals surface area contributed by atoms with Crippen molar-refractivity contribution in [3.63, 3.8) is 0 Å². The molecular formula is C21H40O9Si. The fourth-order valence-electron chi connectivity index (χ4n) is 3.37. The fourth-order valence-corrected chi connectivity index (χ4v) is 4.73. The van der Waals surface area contributed by atoms with Gasteiger partial charge in [0.2, 0.25) is 5.60 Å². The minimum atomic E-state index is -2.76. The Bertz CT molecular complexity index is 643. The van der Waals surface area contributed by atoms with Crippen molar-refractivity contribution in [1.82, 2.24) is 0 Å². The molecule has 1 fully saturated rings. The first kappa shape index (κ1) is 28.0. The van der Waals surface area contributed by atoms with Gasteiger partial charge in [-0.3, -0.25) is 0 Å². The quantitative estimate of drug-likeness (QED) is 0.390. The molecule has 9 nitrogen and oxygen atoms in total. The van der Waals surface area contributed by atoms with Gasteiger partial charge in [0.15, 0.2) is 20.2 Å². The number of esters is 2. The van der Waals surface area contributed by atoms with Crippen LogP contribution in [-0.4, -0.2) is 80.5 Å². The Labute approximate surface area is 186 Å². The summed E-state index contributed by atoms with van der Waals surface area (Å²) in [6.07, 6.45) is -3.90. The van der Waals surface area contributed by atoms with Crippen LogP contribution in [0.1, 0.15) is 54.4 Å². The van der Waals surface area contributed by atoms with E-state index in [1.54, 1.807) is 13.8 Å². The molecule has 10 heteroatoms. The molecule has 1 aliphatic rings. The number of aliphatic hydroxyl groups excluding tert-OH is 1. The molecule has 1 heterocycles. The Morgan fingerprint density at radius 1 is 1.13 bits per heavy atom. The lowest BCUT2D eigenvalue weighted by Crippen LogP contribution is -2.66. The van der Waals surface area contributed by atoms with Gasteiger partial charge in [0, 0.05) is 0 Å². The molecule has 5 atom stereocenters. The van der Waals surface area contributed by atoms with E-state index >= 15 is 0 Å². The Kier molecular flexibility index (Phi) is 8.89. The highest BCUT2D eigenvalue weighted by Crippen LogP contribution is 2.43. The summed E-state index contributed by atoms with van der Waals surface area (Å²) < 4.78 is 27.9. The molecule has 0 spiro atoms. The molecule has 0 saturated carbocycles.